The van der Waals surface area contributed by atoms with Gasteiger partial charge in [0.15, 0.2) is 5.75 Å². The second-order valence-electron chi connectivity index (χ2n) is 7.23. The maximum atomic E-state index is 13.4. The van der Waals surface area contributed by atoms with Crippen LogP contribution in [0.5, 0.6) is 5.75 Å². The summed E-state index contributed by atoms with van der Waals surface area (Å²) in [7, 11) is -1.51. The monoisotopic (exact) mass is 808 g/mol. The first-order valence-electron chi connectivity index (χ1n) is 11.7. The van der Waals surface area contributed by atoms with E-state index in [0.29, 0.717) is 13.4 Å². The Hall–Kier alpha value is -2.11. The molecule has 0 fully saturated rings. The number of ether oxygens (including phenoxy) is 6. The van der Waals surface area contributed by atoms with Crippen molar-refractivity contribution < 1.29 is 65.7 Å². The molecule has 1 atom stereocenters. The van der Waals surface area contributed by atoms with Crippen LogP contribution in [0, 0.1) is 0 Å². The predicted molar refractivity (Wildman–Crippen MR) is 156 cm³/mol. The maximum absolute atomic E-state index is 13.4. The van der Waals surface area contributed by atoms with Crippen LogP contribution >= 0.6 is 55.6 Å². The molecule has 0 spiro atoms. The Bertz CT molecular complexity index is 1080. The summed E-state index contributed by atoms with van der Waals surface area (Å²) in [6, 6.07) is 3.24. The first-order chi connectivity index (χ1) is 20.0. The quantitative estimate of drug-likeness (QED) is 0.0608. The van der Waals surface area contributed by atoms with Crippen LogP contribution in [0.1, 0.15) is 0 Å². The molecule has 1 aromatic rings. The smallest absolute Gasteiger partial charge is 0.460 e. The minimum Gasteiger partial charge on any atom is -0.460 e. The molecule has 42 heavy (non-hydrogen) atoms. The van der Waals surface area contributed by atoms with Crippen molar-refractivity contribution in [2.45, 2.75) is 0 Å². The van der Waals surface area contributed by atoms with Gasteiger partial charge in [-0.05, 0) is 44.0 Å². The molecule has 234 valence electrons. The van der Waals surface area contributed by atoms with E-state index in [1.165, 1.54) is 14.2 Å². The predicted octanol–water partition coefficient (Wildman–Crippen LogP) is 4.07. The fourth-order valence-electron chi connectivity index (χ4n) is 2.32. The molecule has 1 rings (SSSR count). The Kier molecular flexibility index (Phi) is 19.5. The summed E-state index contributed by atoms with van der Waals surface area (Å²) in [4.78, 5) is 46.6. The Balaban J connectivity index is 2.69. The third-order valence-corrected chi connectivity index (χ3v) is 7.13. The van der Waals surface area contributed by atoms with Gasteiger partial charge in [0.2, 0.25) is 0 Å². The molecule has 14 nitrogen and oxygen atoms in total. The Morgan fingerprint density at radius 2 is 0.952 bits per heavy atom. The molecule has 0 N–H and O–H groups in total. The van der Waals surface area contributed by atoms with Crippen molar-refractivity contribution >= 4 is 79.5 Å². The van der Waals surface area contributed by atoms with Gasteiger partial charge in [-0.3, -0.25) is 9.05 Å². The molecule has 1 aromatic carbocycles. The summed E-state index contributed by atoms with van der Waals surface area (Å²) in [6.45, 7) is -1.22. The molecule has 0 aliphatic carbocycles. The van der Waals surface area contributed by atoms with Gasteiger partial charge in [0, 0.05) is 43.0 Å². The highest BCUT2D eigenvalue weighted by Gasteiger charge is 2.31. The lowest BCUT2D eigenvalue weighted by Gasteiger charge is -2.20. The van der Waals surface area contributed by atoms with Gasteiger partial charge >= 0.3 is 31.7 Å². The summed E-state index contributed by atoms with van der Waals surface area (Å²) < 4.78 is 59.7. The topological polar surface area (TPSA) is 168 Å². The third kappa shape index (κ3) is 17.1. The zero-order valence-electron chi connectivity index (χ0n) is 22.4. The Labute approximate surface area is 266 Å². The van der Waals surface area contributed by atoms with Crippen LogP contribution in [0.3, 0.4) is 0 Å². The molecule has 0 aromatic heterocycles. The zero-order valence-corrected chi connectivity index (χ0v) is 28.1. The van der Waals surface area contributed by atoms with Gasteiger partial charge in [0.25, 0.3) is 0 Å². The summed E-state index contributed by atoms with van der Waals surface area (Å²) in [6.07, 6.45) is 3.44. The standard InChI is InChI=1S/C24H28Br3O14P/c1-33-7-9-35-20(28)3-5-22(30)37-11-13-39-42(32,41-24-18(26)15-17(25)16-19(24)27)40-14-12-38-23(31)6-4-21(29)36-10-8-34-2/h3-6,15-16H,7-14H2,1-2H3/b5-3-,6-4+. The minimum atomic E-state index is -4.39. The van der Waals surface area contributed by atoms with Crippen LogP contribution in [0.25, 0.3) is 0 Å². The van der Waals surface area contributed by atoms with Gasteiger partial charge < -0.3 is 32.9 Å². The van der Waals surface area contributed by atoms with Crippen LogP contribution < -0.4 is 4.52 Å². The van der Waals surface area contributed by atoms with E-state index in [1.807, 2.05) is 0 Å². The number of carbonyl (C=O) groups excluding carboxylic acids is 4. The van der Waals surface area contributed by atoms with Crippen LogP contribution in [0.4, 0.5) is 0 Å². The number of hydrogen-bond donors (Lipinski definition) is 0. The molecule has 0 radical (unpaired) electrons. The highest BCUT2D eigenvalue weighted by molar-refractivity contribution is 9.11. The first-order valence-corrected chi connectivity index (χ1v) is 15.6. The molecule has 0 amide bonds. The normalized spacial score (nSPS) is 12.6. The zero-order chi connectivity index (χ0) is 31.4. The SMILES string of the molecule is COCCOC(=O)/C=C\C(=O)OCCOP(=O)(OCCOC(=O)/C=C/C(=O)OCCOC)Oc1c(Br)cc(Br)cc1Br. The lowest BCUT2D eigenvalue weighted by Crippen LogP contribution is -2.14. The number of hydrogen-bond acceptors (Lipinski definition) is 14. The van der Waals surface area contributed by atoms with E-state index in [2.05, 4.69) is 47.8 Å². The van der Waals surface area contributed by atoms with Crippen molar-refractivity contribution in [2.24, 2.45) is 0 Å². The number of benzene rings is 1. The third-order valence-electron chi connectivity index (χ3n) is 4.09. The molecule has 0 saturated carbocycles. The summed E-state index contributed by atoms with van der Waals surface area (Å²) in [5.74, 6) is -3.24. The maximum Gasteiger partial charge on any atom is 0.530 e. The molecular weight excluding hydrogens is 783 g/mol. The highest BCUT2D eigenvalue weighted by atomic mass is 79.9. The van der Waals surface area contributed by atoms with Crippen LogP contribution in [0.15, 0.2) is 49.9 Å². The number of methoxy groups -OCH3 is 2. The number of halogens is 3. The van der Waals surface area contributed by atoms with Gasteiger partial charge in [-0.1, -0.05) is 15.9 Å². The molecule has 18 heteroatoms. The number of phosphoric acid groups is 1. The van der Waals surface area contributed by atoms with Crippen LogP contribution in [0.2, 0.25) is 0 Å². The van der Waals surface area contributed by atoms with E-state index in [0.717, 1.165) is 24.3 Å². The molecule has 0 bridgehead atoms. The minimum absolute atomic E-state index is 0.0162. The van der Waals surface area contributed by atoms with E-state index in [9.17, 15) is 23.7 Å². The van der Waals surface area contributed by atoms with Gasteiger partial charge in [0.05, 0.1) is 35.4 Å². The van der Waals surface area contributed by atoms with Gasteiger partial charge in [0.1, 0.15) is 26.4 Å². The van der Waals surface area contributed by atoms with E-state index in [1.54, 1.807) is 12.1 Å². The summed E-state index contributed by atoms with van der Waals surface area (Å²) in [5, 5.41) is 0. The fourth-order valence-corrected chi connectivity index (χ4v) is 6.18. The van der Waals surface area contributed by atoms with Crippen LogP contribution in [-0.4, -0.2) is 91.0 Å². The second kappa shape index (κ2) is 21.6. The lowest BCUT2D eigenvalue weighted by molar-refractivity contribution is -0.141. The second-order valence-corrected chi connectivity index (χ2v) is 11.4. The molecule has 0 aliphatic rings. The highest BCUT2D eigenvalue weighted by Crippen LogP contribution is 2.53. The van der Waals surface area contributed by atoms with Crippen molar-refractivity contribution in [3.8, 4) is 5.75 Å². The summed E-state index contributed by atoms with van der Waals surface area (Å²) in [5.41, 5.74) is 0. The van der Waals surface area contributed by atoms with Crippen molar-refractivity contribution in [3.63, 3.8) is 0 Å². The number of esters is 4. The van der Waals surface area contributed by atoms with E-state index >= 15 is 0 Å². The van der Waals surface area contributed by atoms with Gasteiger partial charge in [-0.2, -0.15) is 0 Å². The van der Waals surface area contributed by atoms with Gasteiger partial charge in [-0.25, -0.2) is 23.7 Å². The van der Waals surface area contributed by atoms with Crippen molar-refractivity contribution in [3.05, 3.63) is 49.9 Å². The van der Waals surface area contributed by atoms with Gasteiger partial charge in [-0.15, -0.1) is 0 Å². The van der Waals surface area contributed by atoms with Crippen molar-refractivity contribution in [1.82, 2.24) is 0 Å². The number of phosphoric ester groups is 1. The Morgan fingerprint density at radius 1 is 0.619 bits per heavy atom. The molecule has 1 unspecified atom stereocenters. The number of carbonyl (C=O) groups is 4. The van der Waals surface area contributed by atoms with Crippen molar-refractivity contribution in [1.29, 1.82) is 0 Å². The molecule has 0 heterocycles. The number of rotatable bonds is 20. The summed E-state index contributed by atoms with van der Waals surface area (Å²) >= 11 is 9.88. The van der Waals surface area contributed by atoms with E-state index in [-0.39, 0.29) is 45.4 Å². The molecule has 0 aliphatic heterocycles. The lowest BCUT2D eigenvalue weighted by atomic mass is 10.3. The fraction of sp³-hybridized carbons (Fsp3) is 0.417. The average molecular weight is 811 g/mol. The molecular formula is C24H28Br3O14P. The van der Waals surface area contributed by atoms with E-state index < -0.39 is 44.9 Å². The van der Waals surface area contributed by atoms with Crippen molar-refractivity contribution in [2.75, 3.05) is 67.1 Å². The van der Waals surface area contributed by atoms with E-state index in [4.69, 9.17) is 42.0 Å². The first kappa shape index (κ1) is 37.9. The average Bonchev–Trinajstić information content (AvgIpc) is 2.93. The molecule has 0 saturated heterocycles. The largest absolute Gasteiger partial charge is 0.530 e. The van der Waals surface area contributed by atoms with Crippen LogP contribution in [-0.2, 0) is 61.2 Å². The Morgan fingerprint density at radius 3 is 1.29 bits per heavy atom.